The van der Waals surface area contributed by atoms with Crippen LogP contribution in [0.5, 0.6) is 5.75 Å². The highest BCUT2D eigenvalue weighted by Crippen LogP contribution is 2.37. The fraction of sp³-hybridized carbons (Fsp3) is 0.870. The molecule has 0 bridgehead atoms. The predicted molar refractivity (Wildman–Crippen MR) is 213 cm³/mol. The highest BCUT2D eigenvalue weighted by molar-refractivity contribution is 5.44. The first-order valence-corrected chi connectivity index (χ1v) is 21.9. The van der Waals surface area contributed by atoms with Crippen molar-refractivity contribution in [1.29, 1.82) is 0 Å². The second-order valence-electron chi connectivity index (χ2n) is 15.8. The number of aromatic hydroxyl groups is 1. The highest BCUT2D eigenvalue weighted by Gasteiger charge is 2.17. The molecule has 0 heterocycles. The van der Waals surface area contributed by atoms with Crippen LogP contribution in [-0.2, 0) is 0 Å². The smallest absolute Gasteiger partial charge is 0.122 e. The molecule has 0 radical (unpaired) electrons. The molecule has 1 heteroatoms. The molecule has 0 saturated carbocycles. The number of phenolic OH excluding ortho intramolecular Hbond substituents is 1. The van der Waals surface area contributed by atoms with E-state index in [1.54, 1.807) is 0 Å². The number of phenols is 1. The lowest BCUT2D eigenvalue weighted by Crippen LogP contribution is -2.00. The number of rotatable bonds is 36. The molecule has 0 aliphatic carbocycles. The molecule has 0 aliphatic heterocycles. The summed E-state index contributed by atoms with van der Waals surface area (Å²) in [6.07, 6.45) is 47.8. The SMILES string of the molecule is CCCCCCCCCCCCCCCCCCC(C)c1cccc(C(C)CCCCCCCCCCCCCCCCCC)c1O. The lowest BCUT2D eigenvalue weighted by molar-refractivity contribution is 0.441. The van der Waals surface area contributed by atoms with Gasteiger partial charge in [-0.1, -0.05) is 251 Å². The normalized spacial score (nSPS) is 12.9. The van der Waals surface area contributed by atoms with Crippen LogP contribution >= 0.6 is 0 Å². The van der Waals surface area contributed by atoms with Gasteiger partial charge in [0.2, 0.25) is 0 Å². The summed E-state index contributed by atoms with van der Waals surface area (Å²) in [6, 6.07) is 6.55. The third kappa shape index (κ3) is 25.6. The topological polar surface area (TPSA) is 20.2 Å². The largest absolute Gasteiger partial charge is 0.507 e. The lowest BCUT2D eigenvalue weighted by atomic mass is 9.87. The second kappa shape index (κ2) is 33.5. The van der Waals surface area contributed by atoms with Crippen LogP contribution in [0.3, 0.4) is 0 Å². The van der Waals surface area contributed by atoms with E-state index < -0.39 is 0 Å². The Morgan fingerprint density at radius 2 is 0.574 bits per heavy atom. The predicted octanol–water partition coefficient (Wildman–Crippen LogP) is 16.9. The Hall–Kier alpha value is -0.980. The van der Waals surface area contributed by atoms with E-state index in [2.05, 4.69) is 45.9 Å². The Bertz CT molecular complexity index is 708. The fourth-order valence-electron chi connectivity index (χ4n) is 7.68. The summed E-state index contributed by atoms with van der Waals surface area (Å²) in [7, 11) is 0. The minimum atomic E-state index is 0.448. The van der Waals surface area contributed by atoms with Gasteiger partial charge < -0.3 is 5.11 Å². The van der Waals surface area contributed by atoms with Crippen molar-refractivity contribution in [1.82, 2.24) is 0 Å². The first-order chi connectivity index (χ1) is 23.1. The van der Waals surface area contributed by atoms with Gasteiger partial charge >= 0.3 is 0 Å². The van der Waals surface area contributed by atoms with E-state index >= 15 is 0 Å². The fourth-order valence-corrected chi connectivity index (χ4v) is 7.68. The number of benzene rings is 1. The Kier molecular flexibility index (Phi) is 31.4. The van der Waals surface area contributed by atoms with E-state index in [9.17, 15) is 5.11 Å². The highest BCUT2D eigenvalue weighted by atomic mass is 16.3. The molecule has 2 atom stereocenters. The Balaban J connectivity index is 2.03. The van der Waals surface area contributed by atoms with Crippen LogP contribution in [0.1, 0.15) is 269 Å². The van der Waals surface area contributed by atoms with Crippen LogP contribution in [0.2, 0.25) is 0 Å². The van der Waals surface area contributed by atoms with Crippen molar-refractivity contribution in [2.75, 3.05) is 0 Å². The van der Waals surface area contributed by atoms with Crippen molar-refractivity contribution in [3.63, 3.8) is 0 Å². The van der Waals surface area contributed by atoms with Gasteiger partial charge in [-0.2, -0.15) is 0 Å². The number of para-hydroxylation sites is 1. The summed E-state index contributed by atoms with van der Waals surface area (Å²) < 4.78 is 0. The molecule has 0 aliphatic rings. The molecule has 1 rings (SSSR count). The maximum absolute atomic E-state index is 11.2. The van der Waals surface area contributed by atoms with E-state index in [4.69, 9.17) is 0 Å². The minimum absolute atomic E-state index is 0.448. The van der Waals surface area contributed by atoms with Crippen LogP contribution in [-0.4, -0.2) is 5.11 Å². The van der Waals surface area contributed by atoms with E-state index in [0.29, 0.717) is 17.6 Å². The summed E-state index contributed by atoms with van der Waals surface area (Å²) in [5.74, 6) is 1.49. The maximum atomic E-state index is 11.2. The monoisotopic (exact) mass is 655 g/mol. The van der Waals surface area contributed by atoms with Crippen LogP contribution < -0.4 is 0 Å². The molecular weight excluding hydrogens is 569 g/mol. The zero-order valence-electron chi connectivity index (χ0n) is 32.9. The molecule has 1 aromatic carbocycles. The van der Waals surface area contributed by atoms with Gasteiger partial charge in [0.05, 0.1) is 0 Å². The molecule has 0 saturated heterocycles. The standard InChI is InChI=1S/C46H86O/c1-5-7-9-11-13-15-17-19-21-23-25-27-29-31-33-35-38-42(3)44-40-37-41-45(46(44)47)43(4)39-36-34-32-30-28-26-24-22-20-18-16-14-12-10-8-6-2/h37,40-43,47H,5-36,38-39H2,1-4H3. The number of hydrogen-bond acceptors (Lipinski definition) is 1. The van der Waals surface area contributed by atoms with Gasteiger partial charge in [0.25, 0.3) is 0 Å². The molecule has 0 amide bonds. The van der Waals surface area contributed by atoms with Gasteiger partial charge in [-0.15, -0.1) is 0 Å². The summed E-state index contributed by atoms with van der Waals surface area (Å²) in [5.41, 5.74) is 2.37. The summed E-state index contributed by atoms with van der Waals surface area (Å²) in [5, 5.41) is 11.2. The van der Waals surface area contributed by atoms with Crippen molar-refractivity contribution in [3.8, 4) is 5.75 Å². The zero-order valence-corrected chi connectivity index (χ0v) is 32.9. The zero-order chi connectivity index (χ0) is 34.0. The third-order valence-corrected chi connectivity index (χ3v) is 11.1. The van der Waals surface area contributed by atoms with Crippen molar-refractivity contribution in [3.05, 3.63) is 29.3 Å². The van der Waals surface area contributed by atoms with Gasteiger partial charge in [0, 0.05) is 0 Å². The van der Waals surface area contributed by atoms with Crippen LogP contribution in [0.4, 0.5) is 0 Å². The van der Waals surface area contributed by atoms with Crippen LogP contribution in [0.15, 0.2) is 18.2 Å². The quantitative estimate of drug-likeness (QED) is 0.0714. The number of hydrogen-bond donors (Lipinski definition) is 1. The first-order valence-electron chi connectivity index (χ1n) is 21.9. The van der Waals surface area contributed by atoms with Gasteiger partial charge in [-0.05, 0) is 35.8 Å². The third-order valence-electron chi connectivity index (χ3n) is 11.1. The molecular formula is C46H86O. The molecule has 276 valence electrons. The Morgan fingerprint density at radius 3 is 0.809 bits per heavy atom. The Labute approximate surface area is 297 Å². The molecule has 1 nitrogen and oxygen atoms in total. The minimum Gasteiger partial charge on any atom is -0.507 e. The van der Waals surface area contributed by atoms with Crippen molar-refractivity contribution in [2.24, 2.45) is 0 Å². The summed E-state index contributed by atoms with van der Waals surface area (Å²) in [4.78, 5) is 0. The van der Waals surface area contributed by atoms with Crippen LogP contribution in [0, 0.1) is 0 Å². The van der Waals surface area contributed by atoms with Gasteiger partial charge in [0.15, 0.2) is 0 Å². The average Bonchev–Trinajstić information content (AvgIpc) is 3.07. The summed E-state index contributed by atoms with van der Waals surface area (Å²) >= 11 is 0. The van der Waals surface area contributed by atoms with E-state index in [-0.39, 0.29) is 0 Å². The first kappa shape index (κ1) is 44.0. The Morgan fingerprint density at radius 1 is 0.362 bits per heavy atom. The van der Waals surface area contributed by atoms with Crippen molar-refractivity contribution >= 4 is 0 Å². The molecule has 47 heavy (non-hydrogen) atoms. The van der Waals surface area contributed by atoms with Crippen LogP contribution in [0.25, 0.3) is 0 Å². The van der Waals surface area contributed by atoms with Gasteiger partial charge in [0.1, 0.15) is 5.75 Å². The van der Waals surface area contributed by atoms with Gasteiger partial charge in [-0.3, -0.25) is 0 Å². The molecule has 1 aromatic rings. The average molecular weight is 655 g/mol. The molecule has 1 N–H and O–H groups in total. The molecule has 0 spiro atoms. The van der Waals surface area contributed by atoms with E-state index in [1.807, 2.05) is 0 Å². The maximum Gasteiger partial charge on any atom is 0.122 e. The molecule has 0 fully saturated rings. The molecule has 2 unspecified atom stereocenters. The number of unbranched alkanes of at least 4 members (excludes halogenated alkanes) is 30. The lowest BCUT2D eigenvalue weighted by Gasteiger charge is -2.19. The van der Waals surface area contributed by atoms with Gasteiger partial charge in [-0.25, -0.2) is 0 Å². The summed E-state index contributed by atoms with van der Waals surface area (Å²) in [6.45, 7) is 9.25. The van der Waals surface area contributed by atoms with E-state index in [0.717, 1.165) is 0 Å². The van der Waals surface area contributed by atoms with Crippen molar-refractivity contribution < 1.29 is 5.11 Å². The molecule has 0 aromatic heterocycles. The second-order valence-corrected chi connectivity index (χ2v) is 15.8. The van der Waals surface area contributed by atoms with E-state index in [1.165, 1.54) is 229 Å². The van der Waals surface area contributed by atoms with Crippen molar-refractivity contribution in [2.45, 2.75) is 258 Å².